The lowest BCUT2D eigenvalue weighted by molar-refractivity contribution is 0.0471. The monoisotopic (exact) mass is 566 g/mol. The fourth-order valence-corrected chi connectivity index (χ4v) is 5.07. The molecule has 0 bridgehead atoms. The van der Waals surface area contributed by atoms with Crippen LogP contribution < -0.4 is 14.8 Å². The molecule has 0 unspecified atom stereocenters. The molecule has 9 heteroatoms. The number of ether oxygens (including phenoxy) is 1. The summed E-state index contributed by atoms with van der Waals surface area (Å²) in [7, 11) is -4.31. The van der Waals surface area contributed by atoms with E-state index in [1.165, 1.54) is 30.3 Å². The number of esters is 1. The van der Waals surface area contributed by atoms with Crippen LogP contribution >= 0.6 is 0 Å². The standard InChI is InChI=1S/C32H26N2O6S/c1-22-14-17-26(18-15-22)41(37,38)40-30-20-25(16-19-28(30)31(35)39-21-23-8-3-2-4-9-23)33-32(36)34-29-13-7-11-24-10-5-6-12-27(24)29/h2-20H,21H2,1H3,(H2,33,34,36). The molecular weight excluding hydrogens is 540 g/mol. The normalized spacial score (nSPS) is 11.0. The second kappa shape index (κ2) is 11.9. The van der Waals surface area contributed by atoms with E-state index >= 15 is 0 Å². The third-order valence-electron chi connectivity index (χ3n) is 6.22. The fourth-order valence-electron chi connectivity index (χ4n) is 4.13. The minimum Gasteiger partial charge on any atom is -0.457 e. The van der Waals surface area contributed by atoms with Crippen LogP contribution in [0.4, 0.5) is 16.2 Å². The second-order valence-electron chi connectivity index (χ2n) is 9.23. The number of fused-ring (bicyclic) bond motifs is 1. The van der Waals surface area contributed by atoms with E-state index in [1.54, 1.807) is 30.3 Å². The molecular formula is C32H26N2O6S. The molecule has 0 atom stereocenters. The number of hydrogen-bond donors (Lipinski definition) is 2. The number of anilines is 2. The number of rotatable bonds is 8. The van der Waals surface area contributed by atoms with Crippen molar-refractivity contribution in [2.45, 2.75) is 18.4 Å². The van der Waals surface area contributed by atoms with E-state index in [1.807, 2.05) is 61.5 Å². The van der Waals surface area contributed by atoms with E-state index in [0.717, 1.165) is 21.9 Å². The molecule has 0 aromatic heterocycles. The minimum absolute atomic E-state index is 0.0166. The Morgan fingerprint density at radius 3 is 2.24 bits per heavy atom. The summed E-state index contributed by atoms with van der Waals surface area (Å²) in [5.41, 5.74) is 2.32. The highest BCUT2D eigenvalue weighted by Gasteiger charge is 2.23. The van der Waals surface area contributed by atoms with Gasteiger partial charge in [0.1, 0.15) is 17.1 Å². The van der Waals surface area contributed by atoms with Gasteiger partial charge in [0.05, 0.1) is 5.69 Å². The summed E-state index contributed by atoms with van der Waals surface area (Å²) in [6, 6.07) is 31.9. The van der Waals surface area contributed by atoms with Gasteiger partial charge in [0.2, 0.25) is 0 Å². The Hall–Kier alpha value is -5.15. The highest BCUT2D eigenvalue weighted by molar-refractivity contribution is 7.87. The van der Waals surface area contributed by atoms with Crippen LogP contribution in [-0.2, 0) is 21.5 Å². The van der Waals surface area contributed by atoms with Crippen molar-refractivity contribution in [1.82, 2.24) is 0 Å². The van der Waals surface area contributed by atoms with E-state index < -0.39 is 22.1 Å². The quantitative estimate of drug-likeness (QED) is 0.156. The largest absolute Gasteiger partial charge is 0.457 e. The van der Waals surface area contributed by atoms with E-state index in [4.69, 9.17) is 8.92 Å². The molecule has 5 rings (SSSR count). The molecule has 5 aromatic rings. The fraction of sp³-hybridized carbons (Fsp3) is 0.0625. The van der Waals surface area contributed by atoms with Gasteiger partial charge in [0.25, 0.3) is 0 Å². The van der Waals surface area contributed by atoms with Crippen molar-refractivity contribution in [2.75, 3.05) is 10.6 Å². The lowest BCUT2D eigenvalue weighted by Gasteiger charge is -2.14. The van der Waals surface area contributed by atoms with Gasteiger partial charge in [0.15, 0.2) is 5.75 Å². The Morgan fingerprint density at radius 2 is 1.46 bits per heavy atom. The highest BCUT2D eigenvalue weighted by Crippen LogP contribution is 2.29. The Bertz CT molecular complexity index is 1820. The van der Waals surface area contributed by atoms with Crippen molar-refractivity contribution >= 4 is 44.3 Å². The molecule has 0 radical (unpaired) electrons. The van der Waals surface area contributed by atoms with E-state index in [0.29, 0.717) is 5.69 Å². The molecule has 0 aliphatic heterocycles. The Morgan fingerprint density at radius 1 is 0.756 bits per heavy atom. The molecule has 2 N–H and O–H groups in total. The maximum atomic E-state index is 13.1. The topological polar surface area (TPSA) is 111 Å². The van der Waals surface area contributed by atoms with Crippen molar-refractivity contribution < 1.29 is 26.9 Å². The summed E-state index contributed by atoms with van der Waals surface area (Å²) in [5, 5.41) is 7.30. The summed E-state index contributed by atoms with van der Waals surface area (Å²) in [4.78, 5) is 25.8. The predicted octanol–water partition coefficient (Wildman–Crippen LogP) is 6.92. The molecule has 206 valence electrons. The van der Waals surface area contributed by atoms with Crippen LogP contribution in [0.1, 0.15) is 21.5 Å². The minimum atomic E-state index is -4.31. The van der Waals surface area contributed by atoms with Crippen molar-refractivity contribution in [2.24, 2.45) is 0 Å². The highest BCUT2D eigenvalue weighted by atomic mass is 32.2. The molecule has 0 saturated heterocycles. The van der Waals surface area contributed by atoms with Crippen molar-refractivity contribution in [3.8, 4) is 5.75 Å². The van der Waals surface area contributed by atoms with Crippen LogP contribution in [0.3, 0.4) is 0 Å². The van der Waals surface area contributed by atoms with Crippen LogP contribution in [0.2, 0.25) is 0 Å². The maximum Gasteiger partial charge on any atom is 0.342 e. The van der Waals surface area contributed by atoms with Gasteiger partial charge in [-0.3, -0.25) is 0 Å². The van der Waals surface area contributed by atoms with Gasteiger partial charge in [-0.15, -0.1) is 0 Å². The first-order chi connectivity index (χ1) is 19.8. The summed E-state index contributed by atoms with van der Waals surface area (Å²) in [6.07, 6.45) is 0. The van der Waals surface area contributed by atoms with Crippen LogP contribution in [0.15, 0.2) is 120 Å². The zero-order valence-electron chi connectivity index (χ0n) is 22.0. The Labute approximate surface area is 237 Å². The first kappa shape index (κ1) is 27.4. The lowest BCUT2D eigenvalue weighted by Crippen LogP contribution is -2.20. The average molecular weight is 567 g/mol. The SMILES string of the molecule is Cc1ccc(S(=O)(=O)Oc2cc(NC(=O)Nc3cccc4ccccc34)ccc2C(=O)OCc2ccccc2)cc1. The molecule has 2 amide bonds. The molecule has 0 fully saturated rings. The van der Waals surface area contributed by atoms with Gasteiger partial charge in [-0.25, -0.2) is 9.59 Å². The molecule has 0 aliphatic carbocycles. The van der Waals surface area contributed by atoms with Gasteiger partial charge in [-0.1, -0.05) is 84.4 Å². The summed E-state index contributed by atoms with van der Waals surface area (Å²) in [6.45, 7) is 1.81. The van der Waals surface area contributed by atoms with Crippen LogP contribution in [0.25, 0.3) is 10.8 Å². The number of hydrogen-bond acceptors (Lipinski definition) is 6. The molecule has 5 aromatic carbocycles. The van der Waals surface area contributed by atoms with Crippen LogP contribution in [0, 0.1) is 6.92 Å². The molecule has 0 aliphatic rings. The molecule has 0 saturated carbocycles. The zero-order valence-corrected chi connectivity index (χ0v) is 22.9. The van der Waals surface area contributed by atoms with E-state index in [2.05, 4.69) is 10.6 Å². The smallest absolute Gasteiger partial charge is 0.342 e. The van der Waals surface area contributed by atoms with Crippen molar-refractivity contribution in [3.63, 3.8) is 0 Å². The first-order valence-electron chi connectivity index (χ1n) is 12.7. The zero-order chi connectivity index (χ0) is 28.8. The van der Waals surface area contributed by atoms with Gasteiger partial charge < -0.3 is 19.6 Å². The number of amides is 2. The number of urea groups is 1. The number of benzene rings is 5. The maximum absolute atomic E-state index is 13.1. The van der Waals surface area contributed by atoms with Crippen molar-refractivity contribution in [1.29, 1.82) is 0 Å². The number of nitrogens with one attached hydrogen (secondary N) is 2. The van der Waals surface area contributed by atoms with E-state index in [-0.39, 0.29) is 28.5 Å². The molecule has 0 spiro atoms. The molecule has 41 heavy (non-hydrogen) atoms. The van der Waals surface area contributed by atoms with Gasteiger partial charge >= 0.3 is 22.1 Å². The van der Waals surface area contributed by atoms with Crippen molar-refractivity contribution in [3.05, 3.63) is 132 Å². The van der Waals surface area contributed by atoms with Crippen LogP contribution in [-0.4, -0.2) is 20.4 Å². The van der Waals surface area contributed by atoms with Gasteiger partial charge in [-0.2, -0.15) is 8.42 Å². The summed E-state index contributed by atoms with van der Waals surface area (Å²) >= 11 is 0. The number of aryl methyl sites for hydroxylation is 1. The first-order valence-corrected chi connectivity index (χ1v) is 14.1. The Kier molecular flexibility index (Phi) is 7.98. The number of carbonyl (C=O) groups excluding carboxylic acids is 2. The van der Waals surface area contributed by atoms with Crippen LogP contribution in [0.5, 0.6) is 5.75 Å². The van der Waals surface area contributed by atoms with Gasteiger partial charge in [-0.05, 0) is 48.2 Å². The third-order valence-corrected chi connectivity index (χ3v) is 7.47. The summed E-state index contributed by atoms with van der Waals surface area (Å²) in [5.74, 6) is -1.07. The lowest BCUT2D eigenvalue weighted by atomic mass is 10.1. The molecule has 0 heterocycles. The Balaban J connectivity index is 1.40. The van der Waals surface area contributed by atoms with E-state index in [9.17, 15) is 18.0 Å². The van der Waals surface area contributed by atoms with Gasteiger partial charge in [0, 0.05) is 17.1 Å². The third kappa shape index (κ3) is 6.71. The molecule has 8 nitrogen and oxygen atoms in total. The second-order valence-corrected chi connectivity index (χ2v) is 10.8. The summed E-state index contributed by atoms with van der Waals surface area (Å²) < 4.78 is 37.0. The number of carbonyl (C=O) groups is 2. The predicted molar refractivity (Wildman–Crippen MR) is 158 cm³/mol. The average Bonchev–Trinajstić information content (AvgIpc) is 2.97.